The van der Waals surface area contributed by atoms with Crippen LogP contribution < -0.4 is 0 Å². The third-order valence-electron chi connectivity index (χ3n) is 13.5. The molecule has 0 fully saturated rings. The second-order valence-corrected chi connectivity index (χ2v) is 20.5. The number of rotatable bonds is 4. The number of imidazole rings is 1. The maximum atomic E-state index is 12.1. The van der Waals surface area contributed by atoms with Crippen LogP contribution in [0.25, 0.3) is 70.8 Å². The van der Waals surface area contributed by atoms with Crippen LogP contribution in [0.1, 0.15) is 97.9 Å². The monoisotopic (exact) mass is 1030 g/mol. The van der Waals surface area contributed by atoms with Gasteiger partial charge in [-0.05, 0) is 91.7 Å². The van der Waals surface area contributed by atoms with Gasteiger partial charge in [-0.1, -0.05) is 156 Å². The van der Waals surface area contributed by atoms with Crippen LogP contribution >= 0.6 is 11.3 Å². The van der Waals surface area contributed by atoms with Gasteiger partial charge in [0.25, 0.3) is 0 Å². The van der Waals surface area contributed by atoms with Crippen molar-refractivity contribution in [3.63, 3.8) is 0 Å². The molecule has 64 heavy (non-hydrogen) atoms. The van der Waals surface area contributed by atoms with E-state index in [1.807, 2.05) is 6.07 Å². The fraction of sp³-hybridized carbons (Fsp3) is 0.172. The fourth-order valence-electron chi connectivity index (χ4n) is 10.3. The summed E-state index contributed by atoms with van der Waals surface area (Å²) in [5.74, 6) is 1.29. The van der Waals surface area contributed by atoms with Crippen LogP contribution in [-0.2, 0) is 31.9 Å². The average molecular weight is 1030 g/mol. The smallest absolute Gasteiger partial charge is 0.126 e. The van der Waals surface area contributed by atoms with Gasteiger partial charge >= 0.3 is 0 Å². The Kier molecular flexibility index (Phi) is 9.34. The normalized spacial score (nSPS) is 15.3. The number of fused-ring (bicyclic) bond motifs is 4. The van der Waals surface area contributed by atoms with Crippen LogP contribution in [0.4, 0.5) is 0 Å². The summed E-state index contributed by atoms with van der Waals surface area (Å²) in [4.78, 5) is 10.8. The molecule has 0 unspecified atom stereocenters. The molecule has 3 aliphatic carbocycles. The number of phenols is 1. The Morgan fingerprint density at radius 3 is 1.91 bits per heavy atom. The first-order valence-corrected chi connectivity index (χ1v) is 22.8. The van der Waals surface area contributed by atoms with E-state index in [0.717, 1.165) is 70.8 Å². The molecule has 3 aromatic heterocycles. The van der Waals surface area contributed by atoms with Crippen molar-refractivity contribution in [3.05, 3.63) is 202 Å². The first kappa shape index (κ1) is 40.6. The zero-order valence-electron chi connectivity index (χ0n) is 36.6. The zero-order valence-corrected chi connectivity index (χ0v) is 39.7. The number of aromatic hydroxyl groups is 1. The molecule has 0 saturated carbocycles. The number of aromatic nitrogens is 3. The molecule has 0 radical (unpaired) electrons. The number of phenolic OH excluding ortho intramolecular Hbond substituents is 1. The van der Waals surface area contributed by atoms with E-state index in [1.54, 1.807) is 11.3 Å². The van der Waals surface area contributed by atoms with E-state index in [0.29, 0.717) is 0 Å². The van der Waals surface area contributed by atoms with Crippen molar-refractivity contribution in [3.8, 4) is 45.2 Å². The zero-order chi connectivity index (χ0) is 42.9. The molecule has 3 heterocycles. The van der Waals surface area contributed by atoms with Crippen molar-refractivity contribution in [2.24, 2.45) is 0 Å². The Labute approximate surface area is 392 Å². The summed E-state index contributed by atoms with van der Waals surface area (Å²) in [7, 11) is 0. The van der Waals surface area contributed by atoms with Crippen LogP contribution in [0, 0.1) is 6.07 Å². The van der Waals surface area contributed by atoms with Gasteiger partial charge in [0.15, 0.2) is 0 Å². The number of nitrogens with zero attached hydrogens (tertiary/aromatic N) is 3. The van der Waals surface area contributed by atoms with E-state index >= 15 is 0 Å². The number of hydrogen-bond acceptors (Lipinski definition) is 4. The summed E-state index contributed by atoms with van der Waals surface area (Å²) in [6.45, 7) is 13.6. The number of pyridine rings is 1. The first-order valence-electron chi connectivity index (χ1n) is 22.0. The number of para-hydroxylation sites is 2. The predicted octanol–water partition coefficient (Wildman–Crippen LogP) is 14.9. The van der Waals surface area contributed by atoms with Gasteiger partial charge < -0.3 is 9.67 Å². The molecule has 3 aliphatic rings. The third kappa shape index (κ3) is 6.19. The largest absolute Gasteiger partial charge is 0.507 e. The summed E-state index contributed by atoms with van der Waals surface area (Å²) in [5, 5.41) is 12.9. The van der Waals surface area contributed by atoms with Crippen LogP contribution in [0.5, 0.6) is 5.75 Å². The summed E-state index contributed by atoms with van der Waals surface area (Å²) >= 11 is 1.75. The summed E-state index contributed by atoms with van der Waals surface area (Å²) < 4.78 is 4.50. The van der Waals surface area contributed by atoms with Crippen LogP contribution in [-0.4, -0.2) is 19.6 Å². The van der Waals surface area contributed by atoms with Gasteiger partial charge in [0.1, 0.15) is 5.75 Å². The number of hydrogen-bond donors (Lipinski definition) is 1. The SMILES string of the molecule is CC(C)(C)c1cc(-c2ccc3sc4c5c(cc(O)c4c3n2)C2c3ccccc3C5c3ccccc32)[c-]c(-c2nc3ccccc3n2-c2ccc(C(C)(C)C)cc2-c2ccccc2)c1.[Pt]. The average Bonchev–Trinajstić information content (AvgIpc) is 3.88. The fourth-order valence-corrected chi connectivity index (χ4v) is 11.6. The molecule has 2 bridgehead atoms. The van der Waals surface area contributed by atoms with Crippen molar-refractivity contribution in [1.29, 1.82) is 0 Å². The molecule has 6 heteroatoms. The Balaban J connectivity index is 0.00000456. The standard InChI is InChI=1S/C58H46N3OS.Pt/c1-57(2,3)36-24-26-46(42(31-36)33-16-8-7-9-17-33)61-47-23-15-14-22-45(47)60-56(61)35-28-34(29-37(30-35)58(4,5)6)44-25-27-49-54(59-44)53-48(62)32-43-50-38-18-10-12-20-40(38)51(52(43)55(53)63-49)41-21-13-11-19-39(41)50;/h7-27,29-32,50-51,62H,1-6H3;/q-1;. The Bertz CT molecular complexity index is 3470. The first-order chi connectivity index (χ1) is 30.4. The minimum atomic E-state index is -0.179. The van der Waals surface area contributed by atoms with E-state index in [1.165, 1.54) is 44.5 Å². The van der Waals surface area contributed by atoms with Crippen LogP contribution in [0.15, 0.2) is 152 Å². The van der Waals surface area contributed by atoms with Crippen molar-refractivity contribution in [1.82, 2.24) is 14.5 Å². The molecule has 0 spiro atoms. The van der Waals surface area contributed by atoms with E-state index in [4.69, 9.17) is 9.97 Å². The number of benzene rings is 7. The van der Waals surface area contributed by atoms with Crippen molar-refractivity contribution >= 4 is 42.7 Å². The van der Waals surface area contributed by atoms with Crippen molar-refractivity contribution in [2.45, 2.75) is 64.2 Å². The third-order valence-corrected chi connectivity index (χ3v) is 14.7. The van der Waals surface area contributed by atoms with Gasteiger partial charge in [0.05, 0.1) is 32.5 Å². The quantitative estimate of drug-likeness (QED) is 0.179. The van der Waals surface area contributed by atoms with Gasteiger partial charge in [0, 0.05) is 54.5 Å². The van der Waals surface area contributed by atoms with Gasteiger partial charge in [-0.25, -0.2) is 0 Å². The number of thiophene rings is 1. The maximum absolute atomic E-state index is 12.1. The molecule has 1 N–H and O–H groups in total. The second-order valence-electron chi connectivity index (χ2n) is 19.4. The van der Waals surface area contributed by atoms with Crippen molar-refractivity contribution < 1.29 is 26.2 Å². The minimum absolute atomic E-state index is 0. The van der Waals surface area contributed by atoms with Gasteiger partial charge in [0.2, 0.25) is 0 Å². The summed E-state index contributed by atoms with van der Waals surface area (Å²) in [6, 6.07) is 58.4. The molecular formula is C58H46N3OPtS-. The van der Waals surface area contributed by atoms with Crippen molar-refractivity contribution in [2.75, 3.05) is 0 Å². The van der Waals surface area contributed by atoms with Gasteiger partial charge in [-0.15, -0.1) is 35.1 Å². The molecule has 0 atom stereocenters. The van der Waals surface area contributed by atoms with Gasteiger partial charge in [-0.2, -0.15) is 0 Å². The summed E-state index contributed by atoms with van der Waals surface area (Å²) in [5.41, 5.74) is 18.9. The minimum Gasteiger partial charge on any atom is -0.507 e. The van der Waals surface area contributed by atoms with E-state index in [2.05, 4.69) is 198 Å². The Hall–Kier alpha value is -6.13. The molecular weight excluding hydrogens is 982 g/mol. The maximum Gasteiger partial charge on any atom is 0.126 e. The molecule has 316 valence electrons. The van der Waals surface area contributed by atoms with Gasteiger partial charge in [-0.3, -0.25) is 9.97 Å². The van der Waals surface area contributed by atoms with Crippen LogP contribution in [0.2, 0.25) is 0 Å². The topological polar surface area (TPSA) is 50.9 Å². The summed E-state index contributed by atoms with van der Waals surface area (Å²) in [6.07, 6.45) is 0. The van der Waals surface area contributed by atoms with Crippen LogP contribution in [0.3, 0.4) is 0 Å². The van der Waals surface area contributed by atoms with E-state index < -0.39 is 0 Å². The molecule has 7 aromatic carbocycles. The molecule has 0 amide bonds. The van der Waals surface area contributed by atoms with E-state index in [-0.39, 0.29) is 49.5 Å². The predicted molar refractivity (Wildman–Crippen MR) is 261 cm³/mol. The molecule has 10 aromatic rings. The molecule has 0 saturated heterocycles. The second kappa shape index (κ2) is 14.7. The van der Waals surface area contributed by atoms with E-state index in [9.17, 15) is 5.11 Å². The Morgan fingerprint density at radius 1 is 0.594 bits per heavy atom. The molecule has 0 aliphatic heterocycles. The Morgan fingerprint density at radius 2 is 1.22 bits per heavy atom. The molecule has 13 rings (SSSR count). The molecule has 4 nitrogen and oxygen atoms in total.